The molecule has 1 unspecified atom stereocenters. The maximum Gasteiger partial charge on any atom is 0.329 e. The molecule has 0 aromatic heterocycles. The normalized spacial score (nSPS) is 15.7. The summed E-state index contributed by atoms with van der Waals surface area (Å²) in [6.07, 6.45) is 2.43. The van der Waals surface area contributed by atoms with Gasteiger partial charge >= 0.3 is 5.97 Å². The van der Waals surface area contributed by atoms with Gasteiger partial charge in [-0.05, 0) is 81.7 Å². The van der Waals surface area contributed by atoms with Crippen LogP contribution in [0.15, 0.2) is 53.4 Å². The summed E-state index contributed by atoms with van der Waals surface area (Å²) in [5.41, 5.74) is -1.59. The second kappa shape index (κ2) is 11.4. The van der Waals surface area contributed by atoms with Gasteiger partial charge in [0.05, 0.1) is 4.90 Å². The fourth-order valence-corrected chi connectivity index (χ4v) is 5.00. The highest BCUT2D eigenvalue weighted by Crippen LogP contribution is 2.27. The van der Waals surface area contributed by atoms with E-state index < -0.39 is 21.5 Å². The lowest BCUT2D eigenvalue weighted by Crippen LogP contribution is -2.49. The molecule has 1 atom stereocenters. The van der Waals surface area contributed by atoms with E-state index in [-0.39, 0.29) is 17.1 Å². The van der Waals surface area contributed by atoms with Crippen LogP contribution in [0, 0.1) is 11.8 Å². The van der Waals surface area contributed by atoms with Gasteiger partial charge in [0.2, 0.25) is 10.0 Å². The van der Waals surface area contributed by atoms with E-state index in [1.54, 1.807) is 31.2 Å². The van der Waals surface area contributed by atoms with Crippen LogP contribution >= 0.6 is 0 Å². The van der Waals surface area contributed by atoms with Gasteiger partial charge in [0.1, 0.15) is 24.7 Å². The molecule has 0 spiro atoms. The summed E-state index contributed by atoms with van der Waals surface area (Å²) in [6, 6.07) is 12.1. The van der Waals surface area contributed by atoms with Crippen molar-refractivity contribution >= 4 is 16.0 Å². The molecule has 0 radical (unpaired) electrons. The minimum absolute atomic E-state index is 0.0734. The SMILES string of the molecule is CC#CCOc1ccc(S(=O)(=O)NC(C)(C(=O)O)c2ccc(OCCN3CCCC3)cc2)cc1. The maximum absolute atomic E-state index is 13.0. The van der Waals surface area contributed by atoms with Crippen molar-refractivity contribution in [2.24, 2.45) is 0 Å². The van der Waals surface area contributed by atoms with E-state index in [1.165, 1.54) is 44.0 Å². The Bertz CT molecular complexity index is 1130. The number of nitrogens with zero attached hydrogens (tertiary/aromatic N) is 1. The number of likely N-dealkylation sites (tertiary alicyclic amines) is 1. The van der Waals surface area contributed by atoms with E-state index in [0.717, 1.165) is 19.6 Å². The van der Waals surface area contributed by atoms with Crippen LogP contribution in [-0.4, -0.2) is 57.2 Å². The Balaban J connectivity index is 1.69. The molecule has 8 nitrogen and oxygen atoms in total. The van der Waals surface area contributed by atoms with E-state index in [2.05, 4.69) is 21.5 Å². The Morgan fingerprint density at radius 3 is 2.24 bits per heavy atom. The molecule has 1 aliphatic rings. The van der Waals surface area contributed by atoms with E-state index in [0.29, 0.717) is 18.1 Å². The van der Waals surface area contributed by atoms with Crippen molar-refractivity contribution in [1.82, 2.24) is 9.62 Å². The molecule has 2 aromatic carbocycles. The van der Waals surface area contributed by atoms with Gasteiger partial charge in [-0.3, -0.25) is 4.90 Å². The van der Waals surface area contributed by atoms with Crippen LogP contribution in [0.2, 0.25) is 0 Å². The molecule has 9 heteroatoms. The van der Waals surface area contributed by atoms with Gasteiger partial charge in [0, 0.05) is 6.54 Å². The van der Waals surface area contributed by atoms with Crippen LogP contribution in [0.1, 0.15) is 32.3 Å². The van der Waals surface area contributed by atoms with Crippen molar-refractivity contribution in [3.63, 3.8) is 0 Å². The second-order valence-corrected chi connectivity index (χ2v) is 9.83. The first-order valence-electron chi connectivity index (χ1n) is 11.1. The number of carboxylic acid groups (broad SMARTS) is 1. The van der Waals surface area contributed by atoms with Gasteiger partial charge in [-0.15, -0.1) is 5.92 Å². The van der Waals surface area contributed by atoms with E-state index >= 15 is 0 Å². The van der Waals surface area contributed by atoms with Crippen molar-refractivity contribution in [1.29, 1.82) is 0 Å². The summed E-state index contributed by atoms with van der Waals surface area (Å²) in [5, 5.41) is 9.90. The smallest absolute Gasteiger partial charge is 0.329 e. The zero-order chi connectivity index (χ0) is 24.6. The lowest BCUT2D eigenvalue weighted by Gasteiger charge is -2.27. The van der Waals surface area contributed by atoms with Gasteiger partial charge in [-0.2, -0.15) is 4.72 Å². The zero-order valence-corrected chi connectivity index (χ0v) is 20.2. The molecule has 182 valence electrons. The van der Waals surface area contributed by atoms with Crippen molar-refractivity contribution in [2.75, 3.05) is 32.8 Å². The fraction of sp³-hybridized carbons (Fsp3) is 0.400. The third-order valence-corrected chi connectivity index (χ3v) is 7.26. The number of nitrogens with one attached hydrogen (secondary N) is 1. The van der Waals surface area contributed by atoms with Crippen molar-refractivity contribution in [2.45, 2.75) is 37.1 Å². The standard InChI is InChI=1S/C25H30N2O6S/c1-3-4-18-32-22-11-13-23(14-12-22)34(30,31)26-25(2,24(28)29)20-7-9-21(10-8-20)33-19-17-27-15-5-6-16-27/h7-14,26H,5-6,15-19H2,1-2H3,(H,28,29). The lowest BCUT2D eigenvalue weighted by molar-refractivity contribution is -0.143. The topological polar surface area (TPSA) is 105 Å². The maximum atomic E-state index is 13.0. The number of sulfonamides is 1. The number of hydrogen-bond donors (Lipinski definition) is 2. The van der Waals surface area contributed by atoms with Crippen molar-refractivity contribution < 1.29 is 27.8 Å². The predicted molar refractivity (Wildman–Crippen MR) is 128 cm³/mol. The predicted octanol–water partition coefficient (Wildman–Crippen LogP) is 2.84. The van der Waals surface area contributed by atoms with Crippen molar-refractivity contribution in [3.05, 3.63) is 54.1 Å². The minimum atomic E-state index is -4.14. The van der Waals surface area contributed by atoms with Crippen LogP contribution in [0.4, 0.5) is 0 Å². The van der Waals surface area contributed by atoms with Gasteiger partial charge < -0.3 is 14.6 Å². The molecule has 0 saturated carbocycles. The Kier molecular flexibility index (Phi) is 8.56. The first kappa shape index (κ1) is 25.6. The number of carbonyl (C=O) groups is 1. The monoisotopic (exact) mass is 486 g/mol. The molecular formula is C25H30N2O6S. The summed E-state index contributed by atoms with van der Waals surface area (Å²) in [6.45, 7) is 6.75. The highest BCUT2D eigenvalue weighted by Gasteiger charge is 2.39. The molecule has 0 amide bonds. The Morgan fingerprint density at radius 1 is 1.06 bits per heavy atom. The quantitative estimate of drug-likeness (QED) is 0.471. The molecule has 34 heavy (non-hydrogen) atoms. The molecule has 1 heterocycles. The highest BCUT2D eigenvalue weighted by molar-refractivity contribution is 7.89. The molecule has 0 aliphatic carbocycles. The van der Waals surface area contributed by atoms with E-state index in [9.17, 15) is 18.3 Å². The highest BCUT2D eigenvalue weighted by atomic mass is 32.2. The first-order valence-corrected chi connectivity index (χ1v) is 12.6. The van der Waals surface area contributed by atoms with Gasteiger partial charge in [0.25, 0.3) is 0 Å². The molecular weight excluding hydrogens is 456 g/mol. The molecule has 1 saturated heterocycles. The van der Waals surface area contributed by atoms with E-state index in [4.69, 9.17) is 9.47 Å². The van der Waals surface area contributed by atoms with Gasteiger partial charge in [0.15, 0.2) is 5.54 Å². The molecule has 2 N–H and O–H groups in total. The number of benzene rings is 2. The van der Waals surface area contributed by atoms with Gasteiger partial charge in [-0.25, -0.2) is 13.2 Å². The third-order valence-electron chi connectivity index (χ3n) is 5.69. The number of hydrogen-bond acceptors (Lipinski definition) is 6. The largest absolute Gasteiger partial charge is 0.492 e. The third kappa shape index (κ3) is 6.50. The summed E-state index contributed by atoms with van der Waals surface area (Å²) in [7, 11) is -4.14. The van der Waals surface area contributed by atoms with Crippen molar-refractivity contribution in [3.8, 4) is 23.3 Å². The Hall–Kier alpha value is -3.06. The summed E-state index contributed by atoms with van der Waals surface area (Å²) >= 11 is 0. The van der Waals surface area contributed by atoms with Crippen LogP contribution in [0.5, 0.6) is 11.5 Å². The zero-order valence-electron chi connectivity index (χ0n) is 19.4. The van der Waals surface area contributed by atoms with Crippen LogP contribution in [-0.2, 0) is 20.4 Å². The summed E-state index contributed by atoms with van der Waals surface area (Å²) < 4.78 is 39.4. The first-order chi connectivity index (χ1) is 16.2. The average molecular weight is 487 g/mol. The molecule has 2 aromatic rings. The average Bonchev–Trinajstić information content (AvgIpc) is 3.33. The van der Waals surface area contributed by atoms with Gasteiger partial charge in [-0.1, -0.05) is 18.1 Å². The Morgan fingerprint density at radius 2 is 1.65 bits per heavy atom. The number of ether oxygens (including phenoxy) is 2. The van der Waals surface area contributed by atoms with Crippen LogP contribution in [0.25, 0.3) is 0 Å². The summed E-state index contributed by atoms with van der Waals surface area (Å²) in [4.78, 5) is 14.4. The molecule has 1 fully saturated rings. The fourth-order valence-electron chi connectivity index (χ4n) is 3.64. The van der Waals surface area contributed by atoms with Crippen LogP contribution < -0.4 is 14.2 Å². The number of rotatable bonds is 11. The second-order valence-electron chi connectivity index (χ2n) is 8.14. The minimum Gasteiger partial charge on any atom is -0.492 e. The lowest BCUT2D eigenvalue weighted by atomic mass is 9.93. The Labute approximate surface area is 200 Å². The summed E-state index contributed by atoms with van der Waals surface area (Å²) in [5.74, 6) is 5.19. The molecule has 3 rings (SSSR count). The molecule has 1 aliphatic heterocycles. The van der Waals surface area contributed by atoms with Crippen LogP contribution in [0.3, 0.4) is 0 Å². The van der Waals surface area contributed by atoms with E-state index in [1.807, 2.05) is 0 Å². The number of carboxylic acids is 1. The number of aliphatic carboxylic acids is 1. The molecule has 0 bridgehead atoms.